The van der Waals surface area contributed by atoms with Crippen LogP contribution in [0.25, 0.3) is 4.96 Å². The number of rotatable bonds is 3. The summed E-state index contributed by atoms with van der Waals surface area (Å²) in [5.41, 5.74) is 6.11. The van der Waals surface area contributed by atoms with Gasteiger partial charge in [0.1, 0.15) is 5.92 Å². The van der Waals surface area contributed by atoms with Crippen molar-refractivity contribution < 1.29 is 9.90 Å². The number of imidazole rings is 1. The Morgan fingerprint density at radius 2 is 2.57 bits per heavy atom. The summed E-state index contributed by atoms with van der Waals surface area (Å²) in [6.45, 7) is 0.0966. The molecule has 0 radical (unpaired) electrons. The van der Waals surface area contributed by atoms with Crippen molar-refractivity contribution in [3.05, 3.63) is 23.5 Å². The Hall–Kier alpha value is -1.40. The molecule has 5 nitrogen and oxygen atoms in total. The molecule has 2 aromatic rings. The van der Waals surface area contributed by atoms with Crippen LogP contribution in [0.3, 0.4) is 0 Å². The molecule has 0 saturated carbocycles. The van der Waals surface area contributed by atoms with E-state index in [-0.39, 0.29) is 6.54 Å². The Morgan fingerprint density at radius 3 is 3.21 bits per heavy atom. The zero-order chi connectivity index (χ0) is 10.1. The number of aromatic nitrogens is 2. The summed E-state index contributed by atoms with van der Waals surface area (Å²) in [4.78, 5) is 15.7. The zero-order valence-corrected chi connectivity index (χ0v) is 8.07. The highest BCUT2D eigenvalue weighted by molar-refractivity contribution is 7.15. The van der Waals surface area contributed by atoms with Gasteiger partial charge >= 0.3 is 5.97 Å². The van der Waals surface area contributed by atoms with Crippen molar-refractivity contribution in [3.8, 4) is 0 Å². The van der Waals surface area contributed by atoms with Crippen molar-refractivity contribution in [2.24, 2.45) is 5.73 Å². The summed E-state index contributed by atoms with van der Waals surface area (Å²) < 4.78 is 1.76. The molecule has 0 amide bonds. The van der Waals surface area contributed by atoms with Gasteiger partial charge in [0.25, 0.3) is 0 Å². The largest absolute Gasteiger partial charge is 0.481 e. The number of carbonyl (C=O) groups is 1. The van der Waals surface area contributed by atoms with Crippen molar-refractivity contribution in [2.45, 2.75) is 5.92 Å². The third-order valence-electron chi connectivity index (χ3n) is 2.06. The van der Waals surface area contributed by atoms with Crippen molar-refractivity contribution in [2.75, 3.05) is 6.54 Å². The quantitative estimate of drug-likeness (QED) is 0.775. The van der Waals surface area contributed by atoms with Gasteiger partial charge in [-0.15, -0.1) is 11.3 Å². The molecule has 0 aliphatic carbocycles. The first-order valence-corrected chi connectivity index (χ1v) is 4.95. The van der Waals surface area contributed by atoms with Crippen LogP contribution in [0.2, 0.25) is 0 Å². The lowest BCUT2D eigenvalue weighted by Crippen LogP contribution is -2.22. The SMILES string of the molecule is NCC(C(=O)O)c1csc2nccn12. The molecule has 14 heavy (non-hydrogen) atoms. The molecule has 3 N–H and O–H groups in total. The van der Waals surface area contributed by atoms with E-state index in [2.05, 4.69) is 4.98 Å². The lowest BCUT2D eigenvalue weighted by atomic mass is 10.1. The number of nitrogens with two attached hydrogens (primary N) is 1. The second kappa shape index (κ2) is 3.39. The third kappa shape index (κ3) is 1.28. The van der Waals surface area contributed by atoms with E-state index in [9.17, 15) is 4.79 Å². The van der Waals surface area contributed by atoms with Gasteiger partial charge in [-0.2, -0.15) is 0 Å². The molecular formula is C8H9N3O2S. The van der Waals surface area contributed by atoms with E-state index in [0.29, 0.717) is 5.69 Å². The molecule has 2 aromatic heterocycles. The highest BCUT2D eigenvalue weighted by atomic mass is 32.1. The standard InChI is InChI=1S/C8H9N3O2S/c9-3-5(7(12)13)6-4-14-8-10-1-2-11(6)8/h1-2,4-5H,3,9H2,(H,12,13). The molecule has 1 atom stereocenters. The maximum Gasteiger partial charge on any atom is 0.313 e. The van der Waals surface area contributed by atoms with E-state index in [1.807, 2.05) is 0 Å². The van der Waals surface area contributed by atoms with Crippen LogP contribution in [0, 0.1) is 0 Å². The minimum Gasteiger partial charge on any atom is -0.481 e. The van der Waals surface area contributed by atoms with Crippen LogP contribution in [0.5, 0.6) is 0 Å². The van der Waals surface area contributed by atoms with Gasteiger partial charge < -0.3 is 10.8 Å². The van der Waals surface area contributed by atoms with E-state index in [1.165, 1.54) is 11.3 Å². The molecule has 0 aliphatic heterocycles. The lowest BCUT2D eigenvalue weighted by Gasteiger charge is -2.07. The van der Waals surface area contributed by atoms with Gasteiger partial charge in [0, 0.05) is 24.3 Å². The number of nitrogens with zero attached hydrogens (tertiary/aromatic N) is 2. The van der Waals surface area contributed by atoms with Crippen molar-refractivity contribution in [1.82, 2.24) is 9.38 Å². The molecule has 0 saturated heterocycles. The Bertz CT molecular complexity index is 462. The molecular weight excluding hydrogens is 202 g/mol. The fourth-order valence-electron chi connectivity index (χ4n) is 1.34. The van der Waals surface area contributed by atoms with E-state index < -0.39 is 11.9 Å². The van der Waals surface area contributed by atoms with Crippen LogP contribution in [0.4, 0.5) is 0 Å². The van der Waals surface area contributed by atoms with Crippen LogP contribution in [0.1, 0.15) is 11.6 Å². The highest BCUT2D eigenvalue weighted by Crippen LogP contribution is 2.21. The molecule has 6 heteroatoms. The number of thiazole rings is 1. The van der Waals surface area contributed by atoms with Crippen LogP contribution in [0.15, 0.2) is 17.8 Å². The fourth-order valence-corrected chi connectivity index (χ4v) is 2.25. The second-order valence-electron chi connectivity index (χ2n) is 2.87. The van der Waals surface area contributed by atoms with Gasteiger partial charge in [0.2, 0.25) is 0 Å². The normalized spacial score (nSPS) is 13.2. The number of carboxylic acids is 1. The first-order chi connectivity index (χ1) is 6.74. The van der Waals surface area contributed by atoms with Crippen molar-refractivity contribution in [1.29, 1.82) is 0 Å². The first-order valence-electron chi connectivity index (χ1n) is 4.07. The summed E-state index contributed by atoms with van der Waals surface area (Å²) in [6.07, 6.45) is 3.39. The predicted molar refractivity (Wildman–Crippen MR) is 52.5 cm³/mol. The van der Waals surface area contributed by atoms with E-state index in [1.54, 1.807) is 22.2 Å². The van der Waals surface area contributed by atoms with Crippen LogP contribution in [-0.4, -0.2) is 27.0 Å². The average Bonchev–Trinajstić information content (AvgIpc) is 2.69. The molecule has 0 fully saturated rings. The van der Waals surface area contributed by atoms with Crippen molar-refractivity contribution >= 4 is 22.3 Å². The van der Waals surface area contributed by atoms with Crippen LogP contribution < -0.4 is 5.73 Å². The predicted octanol–water partition coefficient (Wildman–Crippen LogP) is 0.523. The molecule has 0 spiro atoms. The average molecular weight is 211 g/mol. The summed E-state index contributed by atoms with van der Waals surface area (Å²) in [7, 11) is 0. The summed E-state index contributed by atoms with van der Waals surface area (Å²) in [6, 6.07) is 0. The van der Waals surface area contributed by atoms with E-state index in [0.717, 1.165) is 4.96 Å². The minimum atomic E-state index is -0.902. The molecule has 1 unspecified atom stereocenters. The van der Waals surface area contributed by atoms with Crippen molar-refractivity contribution in [3.63, 3.8) is 0 Å². The number of fused-ring (bicyclic) bond motifs is 1. The third-order valence-corrected chi connectivity index (χ3v) is 2.93. The first kappa shape index (κ1) is 9.17. The van der Waals surface area contributed by atoms with E-state index >= 15 is 0 Å². The van der Waals surface area contributed by atoms with Gasteiger partial charge in [-0.3, -0.25) is 9.20 Å². The summed E-state index contributed by atoms with van der Waals surface area (Å²) in [5, 5.41) is 10.7. The Kier molecular flexibility index (Phi) is 2.22. The van der Waals surface area contributed by atoms with Crippen LogP contribution >= 0.6 is 11.3 Å². The monoisotopic (exact) mass is 211 g/mol. The number of hydrogen-bond donors (Lipinski definition) is 2. The smallest absolute Gasteiger partial charge is 0.313 e. The summed E-state index contributed by atoms with van der Waals surface area (Å²) in [5.74, 6) is -1.56. The molecule has 2 rings (SSSR count). The fraction of sp³-hybridized carbons (Fsp3) is 0.250. The molecule has 0 aromatic carbocycles. The topological polar surface area (TPSA) is 80.6 Å². The minimum absolute atomic E-state index is 0.0966. The second-order valence-corrected chi connectivity index (χ2v) is 3.70. The van der Waals surface area contributed by atoms with Gasteiger partial charge in [0.15, 0.2) is 4.96 Å². The zero-order valence-electron chi connectivity index (χ0n) is 7.25. The Balaban J connectivity index is 2.51. The van der Waals surface area contributed by atoms with Gasteiger partial charge in [-0.1, -0.05) is 0 Å². The van der Waals surface area contributed by atoms with Gasteiger partial charge in [-0.25, -0.2) is 4.98 Å². The molecule has 0 aliphatic rings. The number of hydrogen-bond acceptors (Lipinski definition) is 4. The molecule has 0 bridgehead atoms. The van der Waals surface area contributed by atoms with Crippen LogP contribution in [-0.2, 0) is 4.79 Å². The van der Waals surface area contributed by atoms with Gasteiger partial charge in [-0.05, 0) is 0 Å². The number of aliphatic carboxylic acids is 1. The maximum atomic E-state index is 10.9. The molecule has 74 valence electrons. The Labute approximate surface area is 83.8 Å². The molecule has 2 heterocycles. The maximum absolute atomic E-state index is 10.9. The Morgan fingerprint density at radius 1 is 1.79 bits per heavy atom. The number of carboxylic acid groups (broad SMARTS) is 1. The van der Waals surface area contributed by atoms with E-state index in [4.69, 9.17) is 10.8 Å². The van der Waals surface area contributed by atoms with Gasteiger partial charge in [0.05, 0.1) is 5.69 Å². The lowest BCUT2D eigenvalue weighted by molar-refractivity contribution is -0.138. The summed E-state index contributed by atoms with van der Waals surface area (Å²) >= 11 is 1.41. The highest BCUT2D eigenvalue weighted by Gasteiger charge is 2.21.